The molecule has 1 fully saturated rings. The lowest BCUT2D eigenvalue weighted by atomic mass is 10.1. The van der Waals surface area contributed by atoms with Crippen molar-refractivity contribution in [3.05, 3.63) is 104 Å². The maximum Gasteiger partial charge on any atom is 0.312 e. The Hall–Kier alpha value is -4.31. The zero-order chi connectivity index (χ0) is 27.7. The number of hydrogen-bond acceptors (Lipinski definition) is 6. The van der Waals surface area contributed by atoms with E-state index in [1.807, 2.05) is 52.0 Å². The third-order valence-electron chi connectivity index (χ3n) is 7.52. The molecule has 10 nitrogen and oxygen atoms in total. The van der Waals surface area contributed by atoms with Crippen molar-refractivity contribution in [3.8, 4) is 5.69 Å². The van der Waals surface area contributed by atoms with Crippen LogP contribution in [0, 0.1) is 37.8 Å². The van der Waals surface area contributed by atoms with Crippen LogP contribution in [0.1, 0.15) is 44.3 Å². The van der Waals surface area contributed by atoms with Crippen molar-refractivity contribution in [1.29, 1.82) is 0 Å². The third kappa shape index (κ3) is 5.33. The Balaban J connectivity index is 1.22. The second-order valence-electron chi connectivity index (χ2n) is 10.1. The minimum absolute atomic E-state index is 0.0000988. The number of aromatic nitrogens is 4. The van der Waals surface area contributed by atoms with Gasteiger partial charge in [0.25, 0.3) is 5.91 Å². The first-order chi connectivity index (χ1) is 18.7. The van der Waals surface area contributed by atoms with Crippen molar-refractivity contribution >= 4 is 11.6 Å². The van der Waals surface area contributed by atoms with Crippen molar-refractivity contribution in [2.24, 2.45) is 0 Å². The van der Waals surface area contributed by atoms with Crippen molar-refractivity contribution in [2.75, 3.05) is 26.2 Å². The summed E-state index contributed by atoms with van der Waals surface area (Å²) in [6.07, 6.45) is 0. The molecule has 0 atom stereocenters. The quantitative estimate of drug-likeness (QED) is 0.263. The molecule has 39 heavy (non-hydrogen) atoms. The lowest BCUT2D eigenvalue weighted by Crippen LogP contribution is -2.48. The molecule has 2 aromatic carbocycles. The van der Waals surface area contributed by atoms with Gasteiger partial charge in [-0.1, -0.05) is 30.3 Å². The number of nitro groups is 1. The summed E-state index contributed by atoms with van der Waals surface area (Å²) in [6, 6.07) is 17.6. The summed E-state index contributed by atoms with van der Waals surface area (Å²) in [5.41, 5.74) is 6.88. The molecule has 0 bridgehead atoms. The highest BCUT2D eigenvalue weighted by atomic mass is 16.6. The molecule has 0 N–H and O–H groups in total. The highest BCUT2D eigenvalue weighted by Crippen LogP contribution is 2.23. The molecule has 0 spiro atoms. The number of para-hydroxylation sites is 1. The van der Waals surface area contributed by atoms with Crippen LogP contribution in [0.4, 0.5) is 5.69 Å². The molecule has 2 aromatic heterocycles. The van der Waals surface area contributed by atoms with Gasteiger partial charge >= 0.3 is 5.69 Å². The second kappa shape index (κ2) is 10.8. The SMILES string of the molecule is Cc1nn(-c2ccccc2)c(C)c1CN1CCN(C(=O)c2cccc(Cn3nc(C)c([N+](=O)[O-])c3C)c2)CC1. The number of carbonyl (C=O) groups excluding carboxylic acids is 1. The van der Waals surface area contributed by atoms with Crippen LogP contribution in [0.2, 0.25) is 0 Å². The molecule has 1 saturated heterocycles. The molecule has 202 valence electrons. The van der Waals surface area contributed by atoms with E-state index in [0.29, 0.717) is 36.6 Å². The van der Waals surface area contributed by atoms with E-state index in [-0.39, 0.29) is 11.6 Å². The van der Waals surface area contributed by atoms with Gasteiger partial charge in [-0.3, -0.25) is 24.5 Å². The van der Waals surface area contributed by atoms with Gasteiger partial charge in [-0.15, -0.1) is 0 Å². The van der Waals surface area contributed by atoms with Crippen LogP contribution in [0.5, 0.6) is 0 Å². The van der Waals surface area contributed by atoms with E-state index in [4.69, 9.17) is 5.10 Å². The van der Waals surface area contributed by atoms with E-state index in [1.165, 1.54) is 5.56 Å². The summed E-state index contributed by atoms with van der Waals surface area (Å²) >= 11 is 0. The van der Waals surface area contributed by atoms with Crippen LogP contribution in [0.3, 0.4) is 0 Å². The normalized spacial score (nSPS) is 14.1. The largest absolute Gasteiger partial charge is 0.336 e. The number of nitrogens with zero attached hydrogens (tertiary/aromatic N) is 7. The Labute approximate surface area is 227 Å². The van der Waals surface area contributed by atoms with Gasteiger partial charge in [0.15, 0.2) is 0 Å². The summed E-state index contributed by atoms with van der Waals surface area (Å²) in [7, 11) is 0. The zero-order valence-corrected chi connectivity index (χ0v) is 22.8. The van der Waals surface area contributed by atoms with Gasteiger partial charge in [0.05, 0.1) is 22.8 Å². The lowest BCUT2D eigenvalue weighted by Gasteiger charge is -2.35. The number of carbonyl (C=O) groups is 1. The number of amides is 1. The number of piperazine rings is 1. The van der Waals surface area contributed by atoms with Crippen LogP contribution in [0.15, 0.2) is 54.6 Å². The Morgan fingerprint density at radius 1 is 0.872 bits per heavy atom. The summed E-state index contributed by atoms with van der Waals surface area (Å²) in [4.78, 5) is 28.6. The van der Waals surface area contributed by atoms with Crippen LogP contribution >= 0.6 is 0 Å². The fourth-order valence-corrected chi connectivity index (χ4v) is 5.32. The molecule has 5 rings (SSSR count). The minimum atomic E-state index is -0.397. The third-order valence-corrected chi connectivity index (χ3v) is 7.52. The van der Waals surface area contributed by atoms with Crippen LogP contribution in [-0.4, -0.2) is 66.4 Å². The van der Waals surface area contributed by atoms with Gasteiger partial charge in [-0.25, -0.2) is 4.68 Å². The molecular weight excluding hydrogens is 494 g/mol. The molecule has 1 amide bonds. The first kappa shape index (κ1) is 26.3. The number of rotatable bonds is 7. The smallest absolute Gasteiger partial charge is 0.312 e. The first-order valence-electron chi connectivity index (χ1n) is 13.1. The highest BCUT2D eigenvalue weighted by molar-refractivity contribution is 5.94. The van der Waals surface area contributed by atoms with E-state index in [9.17, 15) is 14.9 Å². The number of hydrogen-bond donors (Lipinski definition) is 0. The maximum atomic E-state index is 13.3. The summed E-state index contributed by atoms with van der Waals surface area (Å²) in [5.74, 6) is 0.0000988. The van der Waals surface area contributed by atoms with Gasteiger partial charge in [0.2, 0.25) is 0 Å². The Bertz CT molecular complexity index is 1520. The molecule has 0 unspecified atom stereocenters. The molecule has 1 aliphatic heterocycles. The molecule has 1 aliphatic rings. The van der Waals surface area contributed by atoms with Crippen LogP contribution in [-0.2, 0) is 13.1 Å². The van der Waals surface area contributed by atoms with Gasteiger partial charge in [-0.05, 0) is 57.5 Å². The predicted molar refractivity (Wildman–Crippen MR) is 148 cm³/mol. The first-order valence-corrected chi connectivity index (χ1v) is 13.1. The van der Waals surface area contributed by atoms with E-state index < -0.39 is 4.92 Å². The van der Waals surface area contributed by atoms with Crippen molar-refractivity contribution in [1.82, 2.24) is 29.4 Å². The Morgan fingerprint density at radius 3 is 2.26 bits per heavy atom. The van der Waals surface area contributed by atoms with Crippen molar-refractivity contribution < 1.29 is 9.72 Å². The average Bonchev–Trinajstić information content (AvgIpc) is 3.38. The van der Waals surface area contributed by atoms with E-state index in [1.54, 1.807) is 18.5 Å². The van der Waals surface area contributed by atoms with Crippen LogP contribution < -0.4 is 0 Å². The van der Waals surface area contributed by atoms with Gasteiger partial charge in [-0.2, -0.15) is 10.2 Å². The number of aryl methyl sites for hydroxylation is 2. The van der Waals surface area contributed by atoms with E-state index in [0.717, 1.165) is 42.3 Å². The van der Waals surface area contributed by atoms with Gasteiger partial charge in [0, 0.05) is 49.5 Å². The fraction of sp³-hybridized carbons (Fsp3) is 0.345. The standard InChI is InChI=1S/C29H33N7O3/c1-20-27(22(3)35(31-20)26-11-6-5-7-12-26)19-32-13-15-33(16-14-32)29(37)25-10-8-9-24(17-25)18-34-23(4)28(36(38)39)21(2)30-34/h5-12,17H,13-16,18-19H2,1-4H3. The summed E-state index contributed by atoms with van der Waals surface area (Å²) in [6.45, 7) is 11.5. The van der Waals surface area contributed by atoms with Gasteiger partial charge in [0.1, 0.15) is 11.4 Å². The van der Waals surface area contributed by atoms with Crippen molar-refractivity contribution in [2.45, 2.75) is 40.8 Å². The zero-order valence-electron chi connectivity index (χ0n) is 22.8. The summed E-state index contributed by atoms with van der Waals surface area (Å²) < 4.78 is 3.63. The van der Waals surface area contributed by atoms with E-state index >= 15 is 0 Å². The molecular formula is C29H33N7O3. The lowest BCUT2D eigenvalue weighted by molar-refractivity contribution is -0.386. The summed E-state index contributed by atoms with van der Waals surface area (Å²) in [5, 5.41) is 20.4. The molecule has 0 saturated carbocycles. The van der Waals surface area contributed by atoms with Crippen molar-refractivity contribution in [3.63, 3.8) is 0 Å². The number of benzene rings is 2. The maximum absolute atomic E-state index is 13.3. The van der Waals surface area contributed by atoms with Crippen LogP contribution in [0.25, 0.3) is 5.69 Å². The Kier molecular flexibility index (Phi) is 7.30. The molecule has 10 heteroatoms. The topological polar surface area (TPSA) is 102 Å². The minimum Gasteiger partial charge on any atom is -0.336 e. The average molecular weight is 528 g/mol. The Morgan fingerprint density at radius 2 is 1.59 bits per heavy atom. The van der Waals surface area contributed by atoms with Gasteiger partial charge < -0.3 is 4.90 Å². The fourth-order valence-electron chi connectivity index (χ4n) is 5.32. The monoisotopic (exact) mass is 527 g/mol. The molecule has 0 radical (unpaired) electrons. The molecule has 4 aromatic rings. The predicted octanol–water partition coefficient (Wildman–Crippen LogP) is 4.22. The second-order valence-corrected chi connectivity index (χ2v) is 10.1. The molecule has 0 aliphatic carbocycles. The van der Waals surface area contributed by atoms with E-state index in [2.05, 4.69) is 36.0 Å². The highest BCUT2D eigenvalue weighted by Gasteiger charge is 2.25. The molecule has 3 heterocycles.